The fourth-order valence-corrected chi connectivity index (χ4v) is 2.59. The van der Waals surface area contributed by atoms with E-state index in [-0.39, 0.29) is 23.5 Å². The number of aromatic hydroxyl groups is 1. The third-order valence-corrected chi connectivity index (χ3v) is 3.95. The molecule has 0 spiro atoms. The van der Waals surface area contributed by atoms with Crippen LogP contribution in [-0.4, -0.2) is 24.3 Å². The van der Waals surface area contributed by atoms with Gasteiger partial charge in [0.2, 0.25) is 5.91 Å². The van der Waals surface area contributed by atoms with Crippen LogP contribution < -0.4 is 10.2 Å². The van der Waals surface area contributed by atoms with Crippen LogP contribution in [0, 0.1) is 5.92 Å². The molecule has 0 radical (unpaired) electrons. The molecule has 0 aliphatic heterocycles. The molecule has 5 heteroatoms. The van der Waals surface area contributed by atoms with Crippen LogP contribution in [-0.2, 0) is 4.79 Å². The van der Waals surface area contributed by atoms with Crippen molar-refractivity contribution in [1.82, 2.24) is 5.43 Å². The van der Waals surface area contributed by atoms with Crippen molar-refractivity contribution in [2.45, 2.75) is 12.3 Å². The highest BCUT2D eigenvalue weighted by Gasteiger charge is 2.43. The molecule has 0 heterocycles. The maximum Gasteiger partial charge on any atom is 0.243 e. The smallest absolute Gasteiger partial charge is 0.243 e. The van der Waals surface area contributed by atoms with E-state index in [4.69, 9.17) is 4.74 Å². The maximum atomic E-state index is 12.1. The third kappa shape index (κ3) is 3.51. The lowest BCUT2D eigenvalue weighted by atomic mass is 10.1. The van der Waals surface area contributed by atoms with Crippen molar-refractivity contribution < 1.29 is 14.6 Å². The van der Waals surface area contributed by atoms with E-state index < -0.39 is 0 Å². The summed E-state index contributed by atoms with van der Waals surface area (Å²) in [5, 5.41) is 13.6. The van der Waals surface area contributed by atoms with Gasteiger partial charge in [-0.25, -0.2) is 5.43 Å². The number of hydrazone groups is 1. The molecule has 0 bridgehead atoms. The Bertz CT molecular complexity index is 728. The molecule has 3 rings (SSSR count). The number of rotatable bonds is 5. The van der Waals surface area contributed by atoms with Gasteiger partial charge in [0, 0.05) is 5.92 Å². The molecule has 2 aromatic rings. The van der Waals surface area contributed by atoms with Crippen molar-refractivity contribution in [1.29, 1.82) is 0 Å². The van der Waals surface area contributed by atoms with Gasteiger partial charge in [0.05, 0.1) is 13.3 Å². The number of methoxy groups -OCH3 is 1. The van der Waals surface area contributed by atoms with E-state index in [0.29, 0.717) is 11.3 Å². The number of hydrogen-bond acceptors (Lipinski definition) is 4. The van der Waals surface area contributed by atoms with Gasteiger partial charge in [0.15, 0.2) is 11.5 Å². The number of amides is 1. The highest BCUT2D eigenvalue weighted by molar-refractivity contribution is 5.86. The minimum absolute atomic E-state index is 0.0150. The average molecular weight is 310 g/mol. The summed E-state index contributed by atoms with van der Waals surface area (Å²) in [6.45, 7) is 0. The summed E-state index contributed by atoms with van der Waals surface area (Å²) < 4.78 is 4.97. The lowest BCUT2D eigenvalue weighted by Gasteiger charge is -2.03. The van der Waals surface area contributed by atoms with E-state index in [1.54, 1.807) is 12.1 Å². The number of hydrogen-bond donors (Lipinski definition) is 2. The van der Waals surface area contributed by atoms with Crippen LogP contribution in [0.15, 0.2) is 53.6 Å². The number of phenols is 1. The quantitative estimate of drug-likeness (QED) is 0.659. The molecule has 1 aliphatic carbocycles. The lowest BCUT2D eigenvalue weighted by molar-refractivity contribution is -0.122. The molecule has 1 saturated carbocycles. The van der Waals surface area contributed by atoms with Crippen molar-refractivity contribution in [2.24, 2.45) is 11.0 Å². The number of nitrogens with one attached hydrogen (secondary N) is 1. The topological polar surface area (TPSA) is 70.9 Å². The monoisotopic (exact) mass is 310 g/mol. The Balaban J connectivity index is 1.55. The van der Waals surface area contributed by atoms with Gasteiger partial charge in [-0.3, -0.25) is 4.79 Å². The Kier molecular flexibility index (Phi) is 4.28. The molecule has 0 aromatic heterocycles. The molecule has 2 atom stereocenters. The minimum atomic E-state index is -0.0761. The fraction of sp³-hybridized carbons (Fsp3) is 0.222. The zero-order chi connectivity index (χ0) is 16.2. The normalized spacial score (nSPS) is 19.5. The molecular weight excluding hydrogens is 292 g/mol. The molecule has 0 unspecified atom stereocenters. The minimum Gasteiger partial charge on any atom is -0.504 e. The van der Waals surface area contributed by atoms with Crippen LogP contribution in [0.2, 0.25) is 0 Å². The summed E-state index contributed by atoms with van der Waals surface area (Å²) in [5.41, 5.74) is 4.43. The van der Waals surface area contributed by atoms with Gasteiger partial charge in [0.25, 0.3) is 0 Å². The van der Waals surface area contributed by atoms with Crippen LogP contribution >= 0.6 is 0 Å². The van der Waals surface area contributed by atoms with Crippen molar-refractivity contribution in [3.05, 3.63) is 59.7 Å². The molecular formula is C18H18N2O3. The number of benzene rings is 2. The molecule has 1 aliphatic rings. The van der Waals surface area contributed by atoms with Crippen LogP contribution in [0.5, 0.6) is 11.5 Å². The molecule has 1 fully saturated rings. The van der Waals surface area contributed by atoms with Crippen LogP contribution in [0.4, 0.5) is 0 Å². The van der Waals surface area contributed by atoms with Gasteiger partial charge >= 0.3 is 0 Å². The van der Waals surface area contributed by atoms with Crippen molar-refractivity contribution in [3.63, 3.8) is 0 Å². The van der Waals surface area contributed by atoms with Crippen LogP contribution in [0.1, 0.15) is 23.5 Å². The molecule has 1 amide bonds. The second-order valence-corrected chi connectivity index (χ2v) is 5.52. The van der Waals surface area contributed by atoms with Gasteiger partial charge in [0.1, 0.15) is 0 Å². The van der Waals surface area contributed by atoms with Gasteiger partial charge in [-0.1, -0.05) is 30.3 Å². The molecule has 23 heavy (non-hydrogen) atoms. The molecule has 118 valence electrons. The van der Waals surface area contributed by atoms with Gasteiger partial charge in [-0.05, 0) is 41.7 Å². The number of carbonyl (C=O) groups excluding carboxylic acids is 1. The summed E-state index contributed by atoms with van der Waals surface area (Å²) in [6, 6.07) is 14.9. The second-order valence-electron chi connectivity index (χ2n) is 5.52. The Morgan fingerprint density at radius 2 is 2.09 bits per heavy atom. The highest BCUT2D eigenvalue weighted by Crippen LogP contribution is 2.47. The Labute approximate surface area is 134 Å². The first-order valence-corrected chi connectivity index (χ1v) is 7.44. The van der Waals surface area contributed by atoms with Gasteiger partial charge in [-0.15, -0.1) is 0 Å². The predicted octanol–water partition coefficient (Wildman–Crippen LogP) is 2.65. The number of nitrogens with zero attached hydrogens (tertiary/aromatic N) is 1. The summed E-state index contributed by atoms with van der Waals surface area (Å²) in [6.07, 6.45) is 2.35. The Morgan fingerprint density at radius 3 is 2.78 bits per heavy atom. The van der Waals surface area contributed by atoms with Crippen LogP contribution in [0.25, 0.3) is 0 Å². The van der Waals surface area contributed by atoms with E-state index in [9.17, 15) is 9.90 Å². The van der Waals surface area contributed by atoms with Crippen molar-refractivity contribution in [3.8, 4) is 11.5 Å². The summed E-state index contributed by atoms with van der Waals surface area (Å²) in [4.78, 5) is 12.1. The van der Waals surface area contributed by atoms with E-state index in [1.165, 1.54) is 25.0 Å². The number of phenolic OH excluding ortho intramolecular Hbond substituents is 1. The van der Waals surface area contributed by atoms with E-state index >= 15 is 0 Å². The van der Waals surface area contributed by atoms with Crippen LogP contribution in [0.3, 0.4) is 0 Å². The molecule has 5 nitrogen and oxygen atoms in total. The summed E-state index contributed by atoms with van der Waals surface area (Å²) in [5.74, 6) is 0.632. The highest BCUT2D eigenvalue weighted by atomic mass is 16.5. The molecule has 2 N–H and O–H groups in total. The number of carbonyl (C=O) groups is 1. The van der Waals surface area contributed by atoms with Gasteiger partial charge in [-0.2, -0.15) is 5.10 Å². The predicted molar refractivity (Wildman–Crippen MR) is 87.7 cm³/mol. The van der Waals surface area contributed by atoms with Crippen molar-refractivity contribution in [2.75, 3.05) is 7.11 Å². The maximum absolute atomic E-state index is 12.1. The van der Waals surface area contributed by atoms with E-state index in [0.717, 1.165) is 6.42 Å². The summed E-state index contributed by atoms with van der Waals surface area (Å²) in [7, 11) is 1.49. The van der Waals surface area contributed by atoms with E-state index in [2.05, 4.69) is 10.5 Å². The fourth-order valence-electron chi connectivity index (χ4n) is 2.59. The van der Waals surface area contributed by atoms with Gasteiger partial charge < -0.3 is 9.84 Å². The lowest BCUT2D eigenvalue weighted by Crippen LogP contribution is -2.20. The molecule has 0 saturated heterocycles. The largest absolute Gasteiger partial charge is 0.504 e. The zero-order valence-electron chi connectivity index (χ0n) is 12.8. The number of ether oxygens (including phenoxy) is 1. The Hall–Kier alpha value is -2.82. The second kappa shape index (κ2) is 6.52. The first kappa shape index (κ1) is 15.1. The average Bonchev–Trinajstić information content (AvgIpc) is 3.36. The summed E-state index contributed by atoms with van der Waals surface area (Å²) >= 11 is 0. The molecule has 2 aromatic carbocycles. The standard InChI is InChI=1S/C18H18N2O3/c1-23-17-8-7-12(9-16(17)21)11-19-20-18(22)15-10-14(15)13-5-3-2-4-6-13/h2-9,11,14-15,21H,10H2,1H3,(H,20,22)/b19-11-/t14-,15-/m0/s1. The Morgan fingerprint density at radius 1 is 1.30 bits per heavy atom. The third-order valence-electron chi connectivity index (χ3n) is 3.95. The SMILES string of the molecule is COc1ccc(/C=N\NC(=O)[C@H]2C[C@H]2c2ccccc2)cc1O. The first-order chi connectivity index (χ1) is 11.2. The zero-order valence-corrected chi connectivity index (χ0v) is 12.8. The van der Waals surface area contributed by atoms with Crippen molar-refractivity contribution >= 4 is 12.1 Å². The first-order valence-electron chi connectivity index (χ1n) is 7.44. The van der Waals surface area contributed by atoms with E-state index in [1.807, 2.05) is 30.3 Å².